The maximum atomic E-state index is 4.76. The Bertz CT molecular complexity index is 811. The molecule has 5 rings (SSSR count). The second-order valence-electron chi connectivity index (χ2n) is 6.30. The third-order valence-electron chi connectivity index (χ3n) is 4.95. The minimum atomic E-state index is 0.181. The number of H-pyrrole nitrogens is 1. The number of para-hydroxylation sites is 2. The zero-order chi connectivity index (χ0) is 15.2. The van der Waals surface area contributed by atoms with Crippen LogP contribution in [0.25, 0.3) is 11.0 Å². The first kappa shape index (κ1) is 13.0. The molecule has 0 radical (unpaired) electrons. The van der Waals surface area contributed by atoms with E-state index in [4.69, 9.17) is 4.98 Å². The smallest absolute Gasteiger partial charge is 0.208 e. The lowest BCUT2D eigenvalue weighted by Crippen LogP contribution is -2.37. The third kappa shape index (κ3) is 2.00. The number of imidazole rings is 1. The molecule has 23 heavy (non-hydrogen) atoms. The van der Waals surface area contributed by atoms with Crippen molar-refractivity contribution in [1.82, 2.24) is 20.6 Å². The molecule has 1 aromatic carbocycles. The number of benzene rings is 1. The Morgan fingerprint density at radius 3 is 3.04 bits per heavy atom. The van der Waals surface area contributed by atoms with Crippen LogP contribution < -0.4 is 15.5 Å². The first-order valence-electron chi connectivity index (χ1n) is 8.16. The Hall–Kier alpha value is -2.53. The molecule has 2 unspecified atom stereocenters. The van der Waals surface area contributed by atoms with Crippen LogP contribution in [0, 0.1) is 5.92 Å². The van der Waals surface area contributed by atoms with Crippen LogP contribution in [0.1, 0.15) is 0 Å². The average Bonchev–Trinajstić information content (AvgIpc) is 3.29. The van der Waals surface area contributed by atoms with Gasteiger partial charge in [0, 0.05) is 37.4 Å². The van der Waals surface area contributed by atoms with Gasteiger partial charge in [-0.1, -0.05) is 24.3 Å². The topological polar surface area (TPSA) is 56.0 Å². The molecule has 0 spiro atoms. The second kappa shape index (κ2) is 4.99. The van der Waals surface area contributed by atoms with E-state index < -0.39 is 0 Å². The van der Waals surface area contributed by atoms with Crippen LogP contribution >= 0.6 is 0 Å². The van der Waals surface area contributed by atoms with Gasteiger partial charge in [-0.25, -0.2) is 4.98 Å². The standard InChI is InChI=1S/C18H19N5/c1-2-6-15-14(5-1)21-18(22-15)23-8-4-3-7-16(23)17-13-11-19-9-12(13)10-20-17/h1-8,12,16,19-20H,9-11H2,(H,21,22). The molecule has 5 nitrogen and oxygen atoms in total. The van der Waals surface area contributed by atoms with E-state index in [9.17, 15) is 0 Å². The Morgan fingerprint density at radius 2 is 2.09 bits per heavy atom. The number of allylic oxidation sites excluding steroid dienone is 2. The molecule has 3 aliphatic rings. The monoisotopic (exact) mass is 305 g/mol. The van der Waals surface area contributed by atoms with Gasteiger partial charge in [-0.15, -0.1) is 0 Å². The van der Waals surface area contributed by atoms with E-state index in [1.807, 2.05) is 18.2 Å². The summed E-state index contributed by atoms with van der Waals surface area (Å²) in [6.45, 7) is 3.12. The maximum absolute atomic E-state index is 4.76. The fourth-order valence-electron chi connectivity index (χ4n) is 3.80. The first-order chi connectivity index (χ1) is 11.4. The molecule has 0 saturated carbocycles. The van der Waals surface area contributed by atoms with E-state index in [0.717, 1.165) is 36.6 Å². The number of hydrogen-bond donors (Lipinski definition) is 3. The van der Waals surface area contributed by atoms with E-state index >= 15 is 0 Å². The van der Waals surface area contributed by atoms with Gasteiger partial charge in [0.05, 0.1) is 17.1 Å². The van der Waals surface area contributed by atoms with E-state index in [1.165, 1.54) is 11.3 Å². The van der Waals surface area contributed by atoms with Crippen molar-refractivity contribution in [2.45, 2.75) is 6.04 Å². The molecule has 2 atom stereocenters. The lowest BCUT2D eigenvalue weighted by molar-refractivity contribution is 0.637. The summed E-state index contributed by atoms with van der Waals surface area (Å²) in [6.07, 6.45) is 8.53. The predicted octanol–water partition coefficient (Wildman–Crippen LogP) is 1.90. The molecule has 4 heterocycles. The van der Waals surface area contributed by atoms with Gasteiger partial charge >= 0.3 is 0 Å². The van der Waals surface area contributed by atoms with Crippen molar-refractivity contribution in [3.8, 4) is 0 Å². The Balaban J connectivity index is 1.57. The number of rotatable bonds is 2. The molecule has 5 heteroatoms. The van der Waals surface area contributed by atoms with Crippen LogP contribution in [0.3, 0.4) is 0 Å². The molecule has 0 amide bonds. The summed E-state index contributed by atoms with van der Waals surface area (Å²) in [5.41, 5.74) is 4.93. The largest absolute Gasteiger partial charge is 0.386 e. The molecule has 2 aromatic rings. The number of anilines is 1. The highest BCUT2D eigenvalue weighted by Gasteiger charge is 2.34. The molecular weight excluding hydrogens is 286 g/mol. The van der Waals surface area contributed by atoms with Crippen LogP contribution in [0.15, 0.2) is 60.0 Å². The second-order valence-corrected chi connectivity index (χ2v) is 6.30. The molecule has 0 bridgehead atoms. The molecule has 3 aliphatic heterocycles. The van der Waals surface area contributed by atoms with Crippen LogP contribution in [-0.4, -0.2) is 35.6 Å². The molecule has 116 valence electrons. The van der Waals surface area contributed by atoms with Crippen LogP contribution in [0.2, 0.25) is 0 Å². The van der Waals surface area contributed by atoms with E-state index in [0.29, 0.717) is 5.92 Å². The Morgan fingerprint density at radius 1 is 1.13 bits per heavy atom. The van der Waals surface area contributed by atoms with Gasteiger partial charge in [0.15, 0.2) is 0 Å². The number of nitrogens with zero attached hydrogens (tertiary/aromatic N) is 2. The third-order valence-corrected chi connectivity index (χ3v) is 4.95. The lowest BCUT2D eigenvalue weighted by Gasteiger charge is -2.30. The summed E-state index contributed by atoms with van der Waals surface area (Å²) in [6, 6.07) is 8.35. The number of aromatic nitrogens is 2. The number of hydrogen-bond acceptors (Lipinski definition) is 4. The highest BCUT2D eigenvalue weighted by molar-refractivity contribution is 5.78. The van der Waals surface area contributed by atoms with Gasteiger partial charge in [0.1, 0.15) is 0 Å². The van der Waals surface area contributed by atoms with Gasteiger partial charge in [0.25, 0.3) is 0 Å². The lowest BCUT2D eigenvalue weighted by atomic mass is 10.0. The molecule has 3 N–H and O–H groups in total. The van der Waals surface area contributed by atoms with Crippen LogP contribution in [0.4, 0.5) is 5.95 Å². The minimum Gasteiger partial charge on any atom is -0.386 e. The summed E-state index contributed by atoms with van der Waals surface area (Å²) in [7, 11) is 0. The quantitative estimate of drug-likeness (QED) is 0.793. The van der Waals surface area contributed by atoms with Crippen LogP contribution in [-0.2, 0) is 0 Å². The van der Waals surface area contributed by atoms with Crippen molar-refractivity contribution >= 4 is 17.0 Å². The summed E-state index contributed by atoms with van der Waals surface area (Å²) in [4.78, 5) is 10.4. The fraction of sp³-hybridized carbons (Fsp3) is 0.278. The van der Waals surface area contributed by atoms with Crippen LogP contribution in [0.5, 0.6) is 0 Å². The number of fused-ring (bicyclic) bond motifs is 2. The van der Waals surface area contributed by atoms with Crippen molar-refractivity contribution < 1.29 is 0 Å². The highest BCUT2D eigenvalue weighted by Crippen LogP contribution is 2.31. The Kier molecular flexibility index (Phi) is 2.81. The first-order valence-corrected chi connectivity index (χ1v) is 8.16. The zero-order valence-electron chi connectivity index (χ0n) is 12.8. The normalized spacial score (nSPS) is 26.2. The highest BCUT2D eigenvalue weighted by atomic mass is 15.3. The summed E-state index contributed by atoms with van der Waals surface area (Å²) < 4.78 is 0. The van der Waals surface area contributed by atoms with Gasteiger partial charge in [-0.3, -0.25) is 0 Å². The van der Waals surface area contributed by atoms with E-state index in [2.05, 4.69) is 51.0 Å². The predicted molar refractivity (Wildman–Crippen MR) is 92.0 cm³/mol. The number of nitrogens with one attached hydrogen (secondary N) is 3. The van der Waals surface area contributed by atoms with Crippen molar-refractivity contribution in [1.29, 1.82) is 0 Å². The molecule has 1 fully saturated rings. The van der Waals surface area contributed by atoms with E-state index in [-0.39, 0.29) is 6.04 Å². The van der Waals surface area contributed by atoms with Crippen molar-refractivity contribution in [2.24, 2.45) is 5.92 Å². The van der Waals surface area contributed by atoms with Crippen molar-refractivity contribution in [2.75, 3.05) is 24.5 Å². The van der Waals surface area contributed by atoms with Crippen molar-refractivity contribution in [3.05, 3.63) is 60.0 Å². The van der Waals surface area contributed by atoms with E-state index in [1.54, 1.807) is 0 Å². The zero-order valence-corrected chi connectivity index (χ0v) is 12.8. The minimum absolute atomic E-state index is 0.181. The SMILES string of the molecule is C1=CC(C2=C3CNCC3CN2)N(c2nc3ccccc3[nH]2)C=C1. The maximum Gasteiger partial charge on any atom is 0.208 e. The number of aromatic amines is 1. The molecule has 1 saturated heterocycles. The Labute approximate surface area is 134 Å². The van der Waals surface area contributed by atoms with Crippen molar-refractivity contribution in [3.63, 3.8) is 0 Å². The molecular formula is C18H19N5. The van der Waals surface area contributed by atoms with Gasteiger partial charge in [-0.05, 0) is 23.8 Å². The summed E-state index contributed by atoms with van der Waals surface area (Å²) in [5.74, 6) is 1.53. The van der Waals surface area contributed by atoms with Gasteiger partial charge in [0.2, 0.25) is 5.95 Å². The molecule has 1 aromatic heterocycles. The van der Waals surface area contributed by atoms with Gasteiger partial charge < -0.3 is 20.5 Å². The van der Waals surface area contributed by atoms with Gasteiger partial charge in [-0.2, -0.15) is 0 Å². The fourth-order valence-corrected chi connectivity index (χ4v) is 3.80. The summed E-state index contributed by atoms with van der Waals surface area (Å²) in [5, 5.41) is 7.12. The molecule has 0 aliphatic carbocycles. The average molecular weight is 305 g/mol. The summed E-state index contributed by atoms with van der Waals surface area (Å²) >= 11 is 0.